The molecule has 0 amide bonds. The van der Waals surface area contributed by atoms with Crippen LogP contribution in [-0.2, 0) is 10.8 Å². The van der Waals surface area contributed by atoms with Gasteiger partial charge in [0, 0.05) is 71.8 Å². The fourth-order valence-electron chi connectivity index (χ4n) is 15.3. The van der Waals surface area contributed by atoms with Crippen LogP contribution in [0.3, 0.4) is 0 Å². The average Bonchev–Trinajstić information content (AvgIpc) is 4.34. The first-order chi connectivity index (χ1) is 41.2. The zero-order chi connectivity index (χ0) is 56.0. The molecule has 13 aromatic carbocycles. The van der Waals surface area contributed by atoms with Crippen molar-refractivity contribution in [3.8, 4) is 33.6 Å². The van der Waals surface area contributed by atoms with Crippen molar-refractivity contribution >= 4 is 82.2 Å². The van der Waals surface area contributed by atoms with Gasteiger partial charge in [0.15, 0.2) is 0 Å². The SMILES string of the molecule is CC1(C)c2ccccc2-c2ccc(C(c3ccc4c(c3)c3ccccc3n4-c3ccccc3)c3c4ccccc4c(N(c4ccc5c(c4)C(C)(C)c4ccccc4-5)c4ccc5c(c4)c4ccccc4n5-c4ccccc4)c4ccccc34)cc21. The number of anilines is 3. The lowest BCUT2D eigenvalue weighted by Crippen LogP contribution is -2.17. The van der Waals surface area contributed by atoms with Gasteiger partial charge >= 0.3 is 0 Å². The van der Waals surface area contributed by atoms with E-state index in [0.29, 0.717) is 0 Å². The van der Waals surface area contributed by atoms with Crippen LogP contribution in [0, 0.1) is 0 Å². The first-order valence-electron chi connectivity index (χ1n) is 29.6. The maximum atomic E-state index is 2.59. The van der Waals surface area contributed by atoms with Gasteiger partial charge in [-0.05, 0) is 151 Å². The summed E-state index contributed by atoms with van der Waals surface area (Å²) < 4.78 is 4.85. The lowest BCUT2D eigenvalue weighted by molar-refractivity contribution is 0.659. The van der Waals surface area contributed by atoms with Crippen LogP contribution in [0.4, 0.5) is 17.1 Å². The van der Waals surface area contributed by atoms with E-state index in [4.69, 9.17) is 0 Å². The smallest absolute Gasteiger partial charge is 0.0618 e. The van der Waals surface area contributed by atoms with E-state index in [2.05, 4.69) is 321 Å². The molecule has 2 heterocycles. The molecule has 0 bridgehead atoms. The molecular formula is C81H59N3. The third-order valence-electron chi connectivity index (χ3n) is 19.2. The molecule has 0 spiro atoms. The topological polar surface area (TPSA) is 13.1 Å². The molecule has 0 N–H and O–H groups in total. The molecule has 398 valence electrons. The third-order valence-corrected chi connectivity index (χ3v) is 19.2. The van der Waals surface area contributed by atoms with Gasteiger partial charge in [0.05, 0.1) is 27.8 Å². The van der Waals surface area contributed by atoms with Crippen molar-refractivity contribution in [3.05, 3.63) is 318 Å². The predicted octanol–water partition coefficient (Wildman–Crippen LogP) is 21.4. The molecule has 0 aliphatic heterocycles. The summed E-state index contributed by atoms with van der Waals surface area (Å²) in [4.78, 5) is 2.59. The van der Waals surface area contributed by atoms with E-state index in [-0.39, 0.29) is 16.7 Å². The number of aromatic nitrogens is 2. The normalized spacial score (nSPS) is 14.1. The molecule has 0 radical (unpaired) electrons. The lowest BCUT2D eigenvalue weighted by atomic mass is 9.76. The Kier molecular flexibility index (Phi) is 10.5. The number of hydrogen-bond donors (Lipinski definition) is 0. The Morgan fingerprint density at radius 2 is 0.667 bits per heavy atom. The third kappa shape index (κ3) is 6.93. The first-order valence-corrected chi connectivity index (χ1v) is 29.6. The number of hydrogen-bond acceptors (Lipinski definition) is 1. The molecule has 0 fully saturated rings. The van der Waals surface area contributed by atoms with Crippen molar-refractivity contribution in [1.82, 2.24) is 9.13 Å². The van der Waals surface area contributed by atoms with Crippen LogP contribution in [0.5, 0.6) is 0 Å². The summed E-state index contributed by atoms with van der Waals surface area (Å²) >= 11 is 0. The molecule has 84 heavy (non-hydrogen) atoms. The fraction of sp³-hybridized carbons (Fsp3) is 0.0864. The number of para-hydroxylation sites is 4. The maximum absolute atomic E-state index is 2.59. The van der Waals surface area contributed by atoms with Crippen molar-refractivity contribution in [2.75, 3.05) is 4.90 Å². The Balaban J connectivity index is 0.957. The van der Waals surface area contributed by atoms with Crippen molar-refractivity contribution < 1.29 is 0 Å². The van der Waals surface area contributed by atoms with E-state index in [1.54, 1.807) is 0 Å². The van der Waals surface area contributed by atoms with Gasteiger partial charge in [0.1, 0.15) is 0 Å². The van der Waals surface area contributed by atoms with Crippen LogP contribution in [-0.4, -0.2) is 9.13 Å². The second-order valence-corrected chi connectivity index (χ2v) is 24.4. The first kappa shape index (κ1) is 48.5. The highest BCUT2D eigenvalue weighted by Crippen LogP contribution is 2.56. The number of benzene rings is 13. The minimum atomic E-state index is -0.206. The summed E-state index contributed by atoms with van der Waals surface area (Å²) in [5, 5.41) is 9.77. The van der Waals surface area contributed by atoms with Crippen molar-refractivity contribution in [1.29, 1.82) is 0 Å². The molecule has 3 heteroatoms. The van der Waals surface area contributed by atoms with Gasteiger partial charge in [-0.3, -0.25) is 0 Å². The van der Waals surface area contributed by atoms with Crippen molar-refractivity contribution in [3.63, 3.8) is 0 Å². The van der Waals surface area contributed by atoms with Gasteiger partial charge in [-0.25, -0.2) is 0 Å². The quantitative estimate of drug-likeness (QED) is 0.109. The summed E-state index contributed by atoms with van der Waals surface area (Å²) in [6, 6.07) is 105. The van der Waals surface area contributed by atoms with Gasteiger partial charge in [0.25, 0.3) is 0 Å². The second-order valence-electron chi connectivity index (χ2n) is 24.4. The largest absolute Gasteiger partial charge is 0.309 e. The summed E-state index contributed by atoms with van der Waals surface area (Å²) in [5.41, 5.74) is 24.6. The van der Waals surface area contributed by atoms with Gasteiger partial charge < -0.3 is 14.0 Å². The maximum Gasteiger partial charge on any atom is 0.0618 e. The number of nitrogens with zero attached hydrogens (tertiary/aromatic N) is 3. The molecule has 0 saturated heterocycles. The van der Waals surface area contributed by atoms with Gasteiger partial charge in [-0.2, -0.15) is 0 Å². The molecule has 2 aromatic heterocycles. The summed E-state index contributed by atoms with van der Waals surface area (Å²) in [7, 11) is 0. The number of fused-ring (bicyclic) bond motifs is 14. The van der Waals surface area contributed by atoms with Crippen molar-refractivity contribution in [2.45, 2.75) is 44.4 Å². The molecule has 0 saturated carbocycles. The zero-order valence-corrected chi connectivity index (χ0v) is 47.5. The molecule has 2 aliphatic carbocycles. The van der Waals surface area contributed by atoms with E-state index in [9.17, 15) is 0 Å². The highest BCUT2D eigenvalue weighted by atomic mass is 15.1. The molecule has 15 aromatic rings. The predicted molar refractivity (Wildman–Crippen MR) is 354 cm³/mol. The highest BCUT2D eigenvalue weighted by Gasteiger charge is 2.38. The molecule has 3 nitrogen and oxygen atoms in total. The van der Waals surface area contributed by atoms with E-state index in [1.165, 1.54) is 126 Å². The van der Waals surface area contributed by atoms with Crippen LogP contribution in [0.1, 0.15) is 72.6 Å². The zero-order valence-electron chi connectivity index (χ0n) is 47.5. The fourth-order valence-corrected chi connectivity index (χ4v) is 15.3. The number of rotatable bonds is 8. The van der Waals surface area contributed by atoms with Crippen LogP contribution in [0.2, 0.25) is 0 Å². The van der Waals surface area contributed by atoms with Gasteiger partial charge in [-0.15, -0.1) is 0 Å². The van der Waals surface area contributed by atoms with Crippen LogP contribution < -0.4 is 4.90 Å². The Hall–Kier alpha value is -10.2. The van der Waals surface area contributed by atoms with Crippen LogP contribution in [0.15, 0.2) is 279 Å². The average molecular weight is 1070 g/mol. The minimum Gasteiger partial charge on any atom is -0.309 e. The summed E-state index contributed by atoms with van der Waals surface area (Å²) in [6.07, 6.45) is 0. The highest BCUT2D eigenvalue weighted by molar-refractivity contribution is 6.19. The molecule has 1 atom stereocenters. The minimum absolute atomic E-state index is 0.157. The molecule has 17 rings (SSSR count). The monoisotopic (exact) mass is 1070 g/mol. The van der Waals surface area contributed by atoms with Crippen molar-refractivity contribution in [2.24, 2.45) is 0 Å². The molecule has 2 aliphatic rings. The van der Waals surface area contributed by atoms with Gasteiger partial charge in [-0.1, -0.05) is 228 Å². The van der Waals surface area contributed by atoms with E-state index < -0.39 is 0 Å². The van der Waals surface area contributed by atoms with E-state index >= 15 is 0 Å². The molecule has 1 unspecified atom stereocenters. The van der Waals surface area contributed by atoms with Crippen LogP contribution in [0.25, 0.3) is 98.8 Å². The summed E-state index contributed by atoms with van der Waals surface area (Å²) in [5.74, 6) is -0.157. The lowest BCUT2D eigenvalue weighted by Gasteiger charge is -2.32. The summed E-state index contributed by atoms with van der Waals surface area (Å²) in [6.45, 7) is 9.60. The Morgan fingerprint density at radius 1 is 0.286 bits per heavy atom. The van der Waals surface area contributed by atoms with E-state index in [1.807, 2.05) is 0 Å². The van der Waals surface area contributed by atoms with Gasteiger partial charge in [0.2, 0.25) is 0 Å². The Morgan fingerprint density at radius 3 is 1.24 bits per heavy atom. The van der Waals surface area contributed by atoms with Crippen LogP contribution >= 0.6 is 0 Å². The second kappa shape index (κ2) is 18.1. The van der Waals surface area contributed by atoms with E-state index in [0.717, 1.165) is 28.4 Å². The molecular weight excluding hydrogens is 1010 g/mol. The Labute approximate surface area is 489 Å². The Bertz CT molecular complexity index is 4830. The standard InChI is InChI=1S/C81H59N3/c1-80(2)69-35-19-15-27-57(69)59-43-39-52(48-71(59)80)77(51-40-45-75-67(47-51)61-29-17-21-37-73(61)83(75)53-23-7-5-8-24-53)78-63-31-11-13-33-65(63)79(66-34-14-12-32-64(66)78)82(56-41-44-60-58-28-16-20-36-70(58)81(3,4)72(60)50-56)55-42-46-76-68(49-55)62-30-18-22-38-74(62)84(76)54-25-9-6-10-26-54/h5-50,77H,1-4H3.